The summed E-state index contributed by atoms with van der Waals surface area (Å²) < 4.78 is 0. The monoisotopic (exact) mass is 191 g/mol. The van der Waals surface area contributed by atoms with Gasteiger partial charge in [-0.25, -0.2) is 0 Å². The van der Waals surface area contributed by atoms with Crippen molar-refractivity contribution in [2.45, 2.75) is 6.42 Å². The van der Waals surface area contributed by atoms with E-state index in [0.29, 0.717) is 11.3 Å². The number of pyridine rings is 1. The second-order valence-electron chi connectivity index (χ2n) is 2.63. The maximum atomic E-state index is 10.4. The number of rotatable bonds is 4. The summed E-state index contributed by atoms with van der Waals surface area (Å²) >= 11 is 0. The second kappa shape index (κ2) is 4.91. The van der Waals surface area contributed by atoms with Crippen molar-refractivity contribution in [2.24, 2.45) is 0 Å². The minimum atomic E-state index is -0.896. The van der Waals surface area contributed by atoms with E-state index in [1.165, 1.54) is 12.3 Å². The third kappa shape index (κ3) is 3.18. The van der Waals surface area contributed by atoms with Crippen molar-refractivity contribution in [3.8, 4) is 0 Å². The molecule has 0 aliphatic carbocycles. The zero-order valence-electron chi connectivity index (χ0n) is 7.38. The van der Waals surface area contributed by atoms with Gasteiger partial charge in [0.25, 0.3) is 0 Å². The van der Waals surface area contributed by atoms with Gasteiger partial charge in [0, 0.05) is 11.8 Å². The van der Waals surface area contributed by atoms with Crippen molar-refractivity contribution in [1.82, 2.24) is 4.98 Å². The number of aromatic nitrogens is 1. The van der Waals surface area contributed by atoms with Crippen LogP contribution in [0, 0.1) is 0 Å². The summed E-state index contributed by atoms with van der Waals surface area (Å²) in [5.41, 5.74) is 1.10. The van der Waals surface area contributed by atoms with Crippen LogP contribution in [-0.2, 0) is 4.79 Å². The topological polar surface area (TPSA) is 67.3 Å². The van der Waals surface area contributed by atoms with Crippen molar-refractivity contribution in [3.05, 3.63) is 35.7 Å². The fourth-order valence-corrected chi connectivity index (χ4v) is 0.910. The van der Waals surface area contributed by atoms with E-state index in [2.05, 4.69) is 4.98 Å². The number of carboxylic acids is 1. The first-order valence-corrected chi connectivity index (χ1v) is 4.02. The zero-order chi connectivity index (χ0) is 10.4. The van der Waals surface area contributed by atoms with Crippen LogP contribution >= 0.6 is 0 Å². The Bertz CT molecular complexity index is 371. The van der Waals surface area contributed by atoms with E-state index in [0.717, 1.165) is 6.29 Å². The lowest BCUT2D eigenvalue weighted by molar-refractivity contribution is -0.135. The van der Waals surface area contributed by atoms with E-state index in [1.54, 1.807) is 18.2 Å². The molecule has 0 amide bonds. The molecule has 1 heterocycles. The normalized spacial score (nSPS) is 10.3. The number of hydrogen-bond donors (Lipinski definition) is 1. The molecule has 0 saturated carbocycles. The van der Waals surface area contributed by atoms with Crippen LogP contribution in [0.5, 0.6) is 0 Å². The van der Waals surface area contributed by atoms with Crippen LogP contribution in [-0.4, -0.2) is 22.3 Å². The fourth-order valence-electron chi connectivity index (χ4n) is 0.910. The van der Waals surface area contributed by atoms with Gasteiger partial charge in [-0.15, -0.1) is 0 Å². The maximum Gasteiger partial charge on any atom is 0.307 e. The van der Waals surface area contributed by atoms with Gasteiger partial charge >= 0.3 is 5.97 Å². The molecule has 0 saturated heterocycles. The van der Waals surface area contributed by atoms with Crippen LogP contribution in [0.3, 0.4) is 0 Å². The molecule has 0 fully saturated rings. The standard InChI is InChI=1S/C10H9NO3/c12-7-8-4-5-11-9(6-8)2-1-3-10(13)14/h1-2,4-7H,3H2,(H,13,14). The minimum Gasteiger partial charge on any atom is -0.481 e. The Kier molecular flexibility index (Phi) is 3.55. The number of nitrogens with zero attached hydrogens (tertiary/aromatic N) is 1. The van der Waals surface area contributed by atoms with E-state index in [-0.39, 0.29) is 6.42 Å². The average molecular weight is 191 g/mol. The van der Waals surface area contributed by atoms with Crippen LogP contribution in [0.1, 0.15) is 22.5 Å². The van der Waals surface area contributed by atoms with Crippen molar-refractivity contribution in [3.63, 3.8) is 0 Å². The molecule has 0 aromatic carbocycles. The van der Waals surface area contributed by atoms with E-state index in [4.69, 9.17) is 5.11 Å². The smallest absolute Gasteiger partial charge is 0.307 e. The molecule has 1 rings (SSSR count). The highest BCUT2D eigenvalue weighted by Gasteiger charge is 1.93. The summed E-state index contributed by atoms with van der Waals surface area (Å²) in [6.45, 7) is 0. The molecule has 0 unspecified atom stereocenters. The van der Waals surface area contributed by atoms with Gasteiger partial charge in [-0.3, -0.25) is 14.6 Å². The van der Waals surface area contributed by atoms with Crippen LogP contribution in [0.2, 0.25) is 0 Å². The second-order valence-corrected chi connectivity index (χ2v) is 2.63. The summed E-state index contributed by atoms with van der Waals surface area (Å²) in [7, 11) is 0. The summed E-state index contributed by atoms with van der Waals surface area (Å²) in [5.74, 6) is -0.896. The third-order valence-electron chi connectivity index (χ3n) is 1.52. The number of carbonyl (C=O) groups is 2. The molecule has 1 aromatic rings. The lowest BCUT2D eigenvalue weighted by Gasteiger charge is -1.92. The Hall–Kier alpha value is -1.97. The summed E-state index contributed by atoms with van der Waals surface area (Å²) in [5, 5.41) is 8.36. The van der Waals surface area contributed by atoms with Crippen molar-refractivity contribution in [2.75, 3.05) is 0 Å². The zero-order valence-corrected chi connectivity index (χ0v) is 7.38. The largest absolute Gasteiger partial charge is 0.481 e. The minimum absolute atomic E-state index is 0.0486. The Labute approximate surface area is 80.9 Å². The van der Waals surface area contributed by atoms with Gasteiger partial charge in [0.05, 0.1) is 12.1 Å². The van der Waals surface area contributed by atoms with E-state index < -0.39 is 5.97 Å². The first-order chi connectivity index (χ1) is 6.72. The molecule has 72 valence electrons. The van der Waals surface area contributed by atoms with Gasteiger partial charge in [-0.1, -0.05) is 6.08 Å². The molecular formula is C10H9NO3. The van der Waals surface area contributed by atoms with Crippen molar-refractivity contribution in [1.29, 1.82) is 0 Å². The Morgan fingerprint density at radius 3 is 3.00 bits per heavy atom. The Balaban J connectivity index is 2.71. The molecule has 4 heteroatoms. The number of aliphatic carboxylic acids is 1. The predicted octanol–water partition coefficient (Wildman–Crippen LogP) is 1.38. The average Bonchev–Trinajstić information content (AvgIpc) is 2.18. The predicted molar refractivity (Wildman–Crippen MR) is 50.9 cm³/mol. The molecule has 1 aromatic heterocycles. The molecule has 0 radical (unpaired) electrons. The fraction of sp³-hybridized carbons (Fsp3) is 0.100. The van der Waals surface area contributed by atoms with Crippen LogP contribution in [0.4, 0.5) is 0 Å². The van der Waals surface area contributed by atoms with Crippen LogP contribution in [0.25, 0.3) is 6.08 Å². The Morgan fingerprint density at radius 2 is 2.36 bits per heavy atom. The van der Waals surface area contributed by atoms with E-state index in [1.807, 2.05) is 0 Å². The van der Waals surface area contributed by atoms with Crippen LogP contribution < -0.4 is 0 Å². The Morgan fingerprint density at radius 1 is 1.57 bits per heavy atom. The molecule has 0 aliphatic heterocycles. The van der Waals surface area contributed by atoms with Gasteiger partial charge in [0.1, 0.15) is 6.29 Å². The lowest BCUT2D eigenvalue weighted by atomic mass is 10.2. The van der Waals surface area contributed by atoms with Gasteiger partial charge in [-0.2, -0.15) is 0 Å². The molecule has 1 N–H and O–H groups in total. The summed E-state index contributed by atoms with van der Waals surface area (Å²) in [4.78, 5) is 24.5. The quantitative estimate of drug-likeness (QED) is 0.730. The molecule has 14 heavy (non-hydrogen) atoms. The molecule has 0 spiro atoms. The maximum absolute atomic E-state index is 10.4. The molecule has 0 atom stereocenters. The SMILES string of the molecule is O=Cc1ccnc(C=CCC(=O)O)c1. The van der Waals surface area contributed by atoms with Gasteiger partial charge in [0.2, 0.25) is 0 Å². The first kappa shape index (κ1) is 10.1. The highest BCUT2D eigenvalue weighted by Crippen LogP contribution is 2.01. The molecular weight excluding hydrogens is 182 g/mol. The molecule has 0 aliphatic rings. The highest BCUT2D eigenvalue weighted by molar-refractivity contribution is 5.76. The van der Waals surface area contributed by atoms with Gasteiger partial charge in [0.15, 0.2) is 0 Å². The molecule has 4 nitrogen and oxygen atoms in total. The number of carboxylic acid groups (broad SMARTS) is 1. The third-order valence-corrected chi connectivity index (χ3v) is 1.52. The molecule has 0 bridgehead atoms. The highest BCUT2D eigenvalue weighted by atomic mass is 16.4. The van der Waals surface area contributed by atoms with Gasteiger partial charge in [-0.05, 0) is 18.2 Å². The van der Waals surface area contributed by atoms with Gasteiger partial charge < -0.3 is 5.11 Å². The lowest BCUT2D eigenvalue weighted by Crippen LogP contribution is -1.90. The number of carbonyl (C=O) groups excluding carboxylic acids is 1. The summed E-state index contributed by atoms with van der Waals surface area (Å²) in [6, 6.07) is 3.17. The number of aldehydes is 1. The first-order valence-electron chi connectivity index (χ1n) is 4.02. The number of hydrogen-bond acceptors (Lipinski definition) is 3. The van der Waals surface area contributed by atoms with Crippen molar-refractivity contribution < 1.29 is 14.7 Å². The van der Waals surface area contributed by atoms with E-state index >= 15 is 0 Å². The van der Waals surface area contributed by atoms with Crippen molar-refractivity contribution >= 4 is 18.3 Å². The van der Waals surface area contributed by atoms with E-state index in [9.17, 15) is 9.59 Å². The van der Waals surface area contributed by atoms with Crippen LogP contribution in [0.15, 0.2) is 24.4 Å². The summed E-state index contributed by atoms with van der Waals surface area (Å²) in [6.07, 6.45) is 5.23.